The number of benzene rings is 2. The summed E-state index contributed by atoms with van der Waals surface area (Å²) in [6.45, 7) is 2.08. The molecule has 1 nitrogen and oxygen atoms in total. The fourth-order valence-corrected chi connectivity index (χ4v) is 3.02. The third-order valence-electron chi connectivity index (χ3n) is 4.22. The zero-order valence-corrected chi connectivity index (χ0v) is 11.5. The van der Waals surface area contributed by atoms with Gasteiger partial charge in [-0.25, -0.2) is 4.39 Å². The molecule has 1 aliphatic carbocycles. The van der Waals surface area contributed by atoms with Gasteiger partial charge in [-0.1, -0.05) is 35.9 Å². The molecule has 100 valence electrons. The van der Waals surface area contributed by atoms with E-state index in [0.29, 0.717) is 5.92 Å². The second-order valence-electron chi connectivity index (χ2n) is 5.53. The molecular weight excluding hydrogens is 249 g/mol. The maximum absolute atomic E-state index is 14.1. The van der Waals surface area contributed by atoms with Gasteiger partial charge in [0.2, 0.25) is 0 Å². The first-order valence-corrected chi connectivity index (χ1v) is 6.96. The second kappa shape index (κ2) is 5.09. The summed E-state index contributed by atoms with van der Waals surface area (Å²) in [5.41, 5.74) is 4.55. The predicted octanol–water partition coefficient (Wildman–Crippen LogP) is 4.28. The van der Waals surface area contributed by atoms with Gasteiger partial charge in [0.15, 0.2) is 0 Å². The van der Waals surface area contributed by atoms with Gasteiger partial charge in [0, 0.05) is 0 Å². The lowest BCUT2D eigenvalue weighted by Gasteiger charge is -2.25. The zero-order chi connectivity index (χ0) is 14.1. The van der Waals surface area contributed by atoms with Crippen LogP contribution in [0.25, 0.3) is 0 Å². The lowest BCUT2D eigenvalue weighted by atomic mass is 9.79. The SMILES string of the molecule is Cc1ccc(C2CCc3c(ccc(C#N)c3F)C2)cc1. The van der Waals surface area contributed by atoms with Gasteiger partial charge in [0.1, 0.15) is 11.9 Å². The number of aryl methyl sites for hydroxylation is 1. The first-order chi connectivity index (χ1) is 9.69. The van der Waals surface area contributed by atoms with E-state index < -0.39 is 0 Å². The highest BCUT2D eigenvalue weighted by molar-refractivity contribution is 5.42. The van der Waals surface area contributed by atoms with Gasteiger partial charge < -0.3 is 0 Å². The summed E-state index contributed by atoms with van der Waals surface area (Å²) in [5, 5.41) is 8.89. The molecule has 0 saturated heterocycles. The van der Waals surface area contributed by atoms with Crippen LogP contribution in [0.5, 0.6) is 0 Å². The van der Waals surface area contributed by atoms with Crippen LogP contribution in [0, 0.1) is 24.1 Å². The van der Waals surface area contributed by atoms with E-state index in [-0.39, 0.29) is 11.4 Å². The van der Waals surface area contributed by atoms with Crippen LogP contribution in [-0.2, 0) is 12.8 Å². The van der Waals surface area contributed by atoms with E-state index in [1.54, 1.807) is 6.07 Å². The van der Waals surface area contributed by atoms with Crippen LogP contribution < -0.4 is 0 Å². The van der Waals surface area contributed by atoms with Gasteiger partial charge in [-0.15, -0.1) is 0 Å². The van der Waals surface area contributed by atoms with Crippen molar-refractivity contribution < 1.29 is 4.39 Å². The van der Waals surface area contributed by atoms with E-state index in [9.17, 15) is 4.39 Å². The minimum Gasteiger partial charge on any atom is -0.205 e. The fraction of sp³-hybridized carbons (Fsp3) is 0.278. The Morgan fingerprint density at radius 2 is 1.90 bits per heavy atom. The van der Waals surface area contributed by atoms with Crippen molar-refractivity contribution >= 4 is 0 Å². The highest BCUT2D eigenvalue weighted by Gasteiger charge is 2.23. The largest absolute Gasteiger partial charge is 0.205 e. The third-order valence-corrected chi connectivity index (χ3v) is 4.22. The summed E-state index contributed by atoms with van der Waals surface area (Å²) in [5.74, 6) is 0.141. The molecule has 0 radical (unpaired) electrons. The summed E-state index contributed by atoms with van der Waals surface area (Å²) in [7, 11) is 0. The molecule has 0 aromatic heterocycles. The quantitative estimate of drug-likeness (QED) is 0.755. The van der Waals surface area contributed by atoms with E-state index in [4.69, 9.17) is 5.26 Å². The van der Waals surface area contributed by atoms with E-state index in [0.717, 1.165) is 30.4 Å². The molecule has 2 aromatic rings. The number of fused-ring (bicyclic) bond motifs is 1. The molecule has 0 amide bonds. The highest BCUT2D eigenvalue weighted by Crippen LogP contribution is 2.34. The van der Waals surface area contributed by atoms with Crippen LogP contribution >= 0.6 is 0 Å². The molecule has 0 spiro atoms. The molecule has 0 saturated carbocycles. The maximum Gasteiger partial charge on any atom is 0.144 e. The Labute approximate surface area is 118 Å². The number of nitrogens with zero attached hydrogens (tertiary/aromatic N) is 1. The van der Waals surface area contributed by atoms with Crippen molar-refractivity contribution in [2.24, 2.45) is 0 Å². The van der Waals surface area contributed by atoms with Gasteiger partial charge in [-0.2, -0.15) is 5.26 Å². The molecule has 3 rings (SSSR count). The van der Waals surface area contributed by atoms with Crippen LogP contribution in [0.2, 0.25) is 0 Å². The normalized spacial score (nSPS) is 17.4. The molecule has 1 aliphatic rings. The standard InChI is InChI=1S/C18H16FN/c1-12-2-4-13(5-3-12)14-8-9-17-15(10-14)6-7-16(11-20)18(17)19/h2-7,14H,8-10H2,1H3. The molecule has 0 fully saturated rings. The van der Waals surface area contributed by atoms with Gasteiger partial charge in [0.05, 0.1) is 5.56 Å². The average Bonchev–Trinajstić information content (AvgIpc) is 2.48. The van der Waals surface area contributed by atoms with E-state index >= 15 is 0 Å². The molecule has 0 bridgehead atoms. The van der Waals surface area contributed by atoms with Crippen LogP contribution in [0.15, 0.2) is 36.4 Å². The van der Waals surface area contributed by atoms with Gasteiger partial charge in [-0.05, 0) is 54.9 Å². The topological polar surface area (TPSA) is 23.8 Å². The van der Waals surface area contributed by atoms with Crippen molar-refractivity contribution in [1.29, 1.82) is 5.26 Å². The molecule has 2 heteroatoms. The monoisotopic (exact) mass is 265 g/mol. The summed E-state index contributed by atoms with van der Waals surface area (Å²) < 4.78 is 14.1. The van der Waals surface area contributed by atoms with Crippen molar-refractivity contribution in [3.63, 3.8) is 0 Å². The number of halogens is 1. The maximum atomic E-state index is 14.1. The van der Waals surface area contributed by atoms with Crippen LogP contribution in [0.1, 0.15) is 40.2 Å². The molecule has 20 heavy (non-hydrogen) atoms. The van der Waals surface area contributed by atoms with Gasteiger partial charge in [0.25, 0.3) is 0 Å². The van der Waals surface area contributed by atoms with E-state index in [1.807, 2.05) is 12.1 Å². The van der Waals surface area contributed by atoms with Crippen molar-refractivity contribution in [3.05, 3.63) is 70.0 Å². The average molecular weight is 265 g/mol. The third kappa shape index (κ3) is 2.20. The number of nitriles is 1. The molecule has 0 N–H and O–H groups in total. The molecule has 2 aromatic carbocycles. The fourth-order valence-electron chi connectivity index (χ4n) is 3.02. The Morgan fingerprint density at radius 1 is 1.15 bits per heavy atom. The van der Waals surface area contributed by atoms with Crippen LogP contribution in [0.3, 0.4) is 0 Å². The summed E-state index contributed by atoms with van der Waals surface area (Å²) in [4.78, 5) is 0. The van der Waals surface area contributed by atoms with Crippen LogP contribution in [-0.4, -0.2) is 0 Å². The summed E-state index contributed by atoms with van der Waals surface area (Å²) >= 11 is 0. The van der Waals surface area contributed by atoms with E-state index in [2.05, 4.69) is 31.2 Å². The first kappa shape index (κ1) is 12.9. The smallest absolute Gasteiger partial charge is 0.144 e. The first-order valence-electron chi connectivity index (χ1n) is 6.96. The second-order valence-corrected chi connectivity index (χ2v) is 5.53. The molecule has 1 unspecified atom stereocenters. The lowest BCUT2D eigenvalue weighted by molar-refractivity contribution is 0.540. The Morgan fingerprint density at radius 3 is 2.60 bits per heavy atom. The Balaban J connectivity index is 1.91. The zero-order valence-electron chi connectivity index (χ0n) is 11.5. The predicted molar refractivity (Wildman–Crippen MR) is 77.1 cm³/mol. The van der Waals surface area contributed by atoms with Crippen molar-refractivity contribution in [2.45, 2.75) is 32.1 Å². The molecule has 0 aliphatic heterocycles. The van der Waals surface area contributed by atoms with Crippen molar-refractivity contribution in [3.8, 4) is 6.07 Å². The lowest BCUT2D eigenvalue weighted by Crippen LogP contribution is -2.15. The molecule has 1 atom stereocenters. The van der Waals surface area contributed by atoms with E-state index in [1.165, 1.54) is 11.1 Å². The molecule has 0 heterocycles. The van der Waals surface area contributed by atoms with Crippen LogP contribution in [0.4, 0.5) is 4.39 Å². The van der Waals surface area contributed by atoms with Gasteiger partial charge >= 0.3 is 0 Å². The Bertz CT molecular complexity index is 680. The van der Waals surface area contributed by atoms with Crippen molar-refractivity contribution in [1.82, 2.24) is 0 Å². The Kier molecular flexibility index (Phi) is 3.28. The summed E-state index contributed by atoms with van der Waals surface area (Å²) in [6.07, 6.45) is 2.53. The number of hydrogen-bond donors (Lipinski definition) is 0. The number of rotatable bonds is 1. The number of hydrogen-bond acceptors (Lipinski definition) is 1. The van der Waals surface area contributed by atoms with Gasteiger partial charge in [-0.3, -0.25) is 0 Å². The van der Waals surface area contributed by atoms with Crippen molar-refractivity contribution in [2.75, 3.05) is 0 Å². The molecular formula is C18H16FN. The summed E-state index contributed by atoms with van der Waals surface area (Å²) in [6, 6.07) is 14.0. The Hall–Kier alpha value is -2.14. The minimum absolute atomic E-state index is 0.164. The highest BCUT2D eigenvalue weighted by atomic mass is 19.1. The minimum atomic E-state index is -0.313.